The molecule has 194 valence electrons. The predicted molar refractivity (Wildman–Crippen MR) is 181 cm³/mol. The highest BCUT2D eigenvalue weighted by Gasteiger charge is 2.23. The molecule has 2 heteroatoms. The molecule has 1 nitrogen and oxygen atoms in total. The van der Waals surface area contributed by atoms with Gasteiger partial charge in [0.1, 0.15) is 0 Å². The number of hydrogen-bond donors (Lipinski definition) is 0. The smallest absolute Gasteiger partial charge is 0.0719 e. The average molecular weight is 550 g/mol. The zero-order chi connectivity index (χ0) is 27.4. The first-order valence-electron chi connectivity index (χ1n) is 14.4. The molecule has 0 spiro atoms. The zero-order valence-electron chi connectivity index (χ0n) is 22.6. The fraction of sp³-hybridized carbons (Fsp3) is 0. The second-order valence-electron chi connectivity index (χ2n) is 11.3. The lowest BCUT2D eigenvalue weighted by atomic mass is 9.94. The molecule has 0 atom stereocenters. The van der Waals surface area contributed by atoms with Crippen LogP contribution in [0.15, 0.2) is 140 Å². The molecule has 0 aliphatic heterocycles. The molecule has 0 saturated carbocycles. The highest BCUT2D eigenvalue weighted by molar-refractivity contribution is 7.26. The Hall–Kier alpha value is -5.18. The van der Waals surface area contributed by atoms with Crippen LogP contribution in [-0.4, -0.2) is 4.57 Å². The maximum absolute atomic E-state index is 2.49. The van der Waals surface area contributed by atoms with Crippen LogP contribution in [0, 0.1) is 0 Å². The van der Waals surface area contributed by atoms with Crippen LogP contribution < -0.4 is 0 Å². The number of fused-ring (bicyclic) bond motifs is 10. The van der Waals surface area contributed by atoms with Gasteiger partial charge < -0.3 is 4.57 Å². The summed E-state index contributed by atoms with van der Waals surface area (Å²) in [7, 11) is 0. The Morgan fingerprint density at radius 1 is 0.429 bits per heavy atom. The molecule has 1 aliphatic rings. The minimum atomic E-state index is 1.19. The number of aromatic nitrogens is 1. The van der Waals surface area contributed by atoms with Crippen LogP contribution in [0.1, 0.15) is 0 Å². The van der Waals surface area contributed by atoms with E-state index < -0.39 is 0 Å². The Morgan fingerprint density at radius 3 is 2.00 bits per heavy atom. The van der Waals surface area contributed by atoms with Crippen molar-refractivity contribution in [1.29, 1.82) is 0 Å². The van der Waals surface area contributed by atoms with Crippen LogP contribution in [0.25, 0.3) is 91.8 Å². The summed E-state index contributed by atoms with van der Waals surface area (Å²) >= 11 is 1.90. The monoisotopic (exact) mass is 549 g/mol. The quantitative estimate of drug-likeness (QED) is 0.202. The van der Waals surface area contributed by atoms with Gasteiger partial charge in [-0.05, 0) is 68.4 Å². The van der Waals surface area contributed by atoms with Crippen LogP contribution in [0.2, 0.25) is 0 Å². The molecule has 0 saturated heterocycles. The van der Waals surface area contributed by atoms with Crippen molar-refractivity contribution < 1.29 is 0 Å². The van der Waals surface area contributed by atoms with Gasteiger partial charge in [-0.3, -0.25) is 0 Å². The molecule has 0 bridgehead atoms. The molecule has 0 fully saturated rings. The number of hydrogen-bond acceptors (Lipinski definition) is 1. The first-order valence-corrected chi connectivity index (χ1v) is 15.3. The molecule has 42 heavy (non-hydrogen) atoms. The molecule has 7 aromatic carbocycles. The Morgan fingerprint density at radius 2 is 1.10 bits per heavy atom. The average Bonchev–Trinajstić information content (AvgIpc) is 3.70. The lowest BCUT2D eigenvalue weighted by molar-refractivity contribution is 1.19. The Bertz CT molecular complexity index is 2550. The molecule has 0 radical (unpaired) electrons. The summed E-state index contributed by atoms with van der Waals surface area (Å²) < 4.78 is 5.17. The van der Waals surface area contributed by atoms with Crippen LogP contribution >= 0.6 is 11.3 Å². The Labute approximate surface area is 246 Å². The molecule has 2 aromatic heterocycles. The Kier molecular flexibility index (Phi) is 4.39. The maximum Gasteiger partial charge on any atom is 0.0719 e. The van der Waals surface area contributed by atoms with Crippen LogP contribution in [0.4, 0.5) is 0 Å². The number of nitrogens with zero attached hydrogens (tertiary/aromatic N) is 1. The lowest BCUT2D eigenvalue weighted by Gasteiger charge is -2.13. The van der Waals surface area contributed by atoms with Crippen molar-refractivity contribution in [3.8, 4) is 39.1 Å². The molecular weight excluding hydrogens is 527 g/mol. The number of para-hydroxylation sites is 1. The predicted octanol–water partition coefficient (Wildman–Crippen LogP) is 11.6. The van der Waals surface area contributed by atoms with Gasteiger partial charge in [-0.1, -0.05) is 115 Å². The van der Waals surface area contributed by atoms with Crippen molar-refractivity contribution in [3.05, 3.63) is 140 Å². The Balaban J connectivity index is 1.26. The third kappa shape index (κ3) is 2.87. The minimum Gasteiger partial charge on any atom is -0.308 e. The number of rotatable bonds is 2. The minimum absolute atomic E-state index is 1.19. The molecular formula is C40H23NS. The van der Waals surface area contributed by atoms with Crippen LogP contribution in [0.5, 0.6) is 0 Å². The summed E-state index contributed by atoms with van der Waals surface area (Å²) in [4.78, 5) is 0. The van der Waals surface area contributed by atoms with E-state index in [1.165, 1.54) is 91.8 Å². The van der Waals surface area contributed by atoms with E-state index in [-0.39, 0.29) is 0 Å². The van der Waals surface area contributed by atoms with Gasteiger partial charge in [-0.2, -0.15) is 0 Å². The normalized spacial score (nSPS) is 12.3. The summed E-state index contributed by atoms with van der Waals surface area (Å²) in [5.74, 6) is 0. The molecule has 9 aromatic rings. The van der Waals surface area contributed by atoms with E-state index in [0.717, 1.165) is 0 Å². The summed E-state index contributed by atoms with van der Waals surface area (Å²) in [5.41, 5.74) is 11.6. The summed E-state index contributed by atoms with van der Waals surface area (Å²) in [6, 6.07) is 51.6. The lowest BCUT2D eigenvalue weighted by Crippen LogP contribution is -1.94. The fourth-order valence-electron chi connectivity index (χ4n) is 7.37. The molecule has 0 amide bonds. The molecule has 0 N–H and O–H groups in total. The van der Waals surface area contributed by atoms with Gasteiger partial charge >= 0.3 is 0 Å². The van der Waals surface area contributed by atoms with E-state index >= 15 is 0 Å². The highest BCUT2D eigenvalue weighted by Crippen LogP contribution is 2.49. The van der Waals surface area contributed by atoms with Crippen LogP contribution in [0.3, 0.4) is 0 Å². The van der Waals surface area contributed by atoms with Crippen molar-refractivity contribution in [2.45, 2.75) is 0 Å². The molecule has 0 unspecified atom stereocenters. The van der Waals surface area contributed by atoms with E-state index in [1.54, 1.807) is 0 Å². The third-order valence-corrected chi connectivity index (χ3v) is 10.3. The van der Waals surface area contributed by atoms with Gasteiger partial charge in [0.25, 0.3) is 0 Å². The number of benzene rings is 7. The van der Waals surface area contributed by atoms with E-state index in [0.29, 0.717) is 0 Å². The van der Waals surface area contributed by atoms with Crippen LogP contribution in [-0.2, 0) is 0 Å². The van der Waals surface area contributed by atoms with Gasteiger partial charge in [-0.15, -0.1) is 11.3 Å². The SMILES string of the molecule is c1cc(-c2ccc3c4c(cccc24)-c2ccccc2-3)cc(-n2c3ccccc3c3ccc4c5ccccc5sc4c32)c1. The molecule has 2 heterocycles. The first kappa shape index (κ1) is 22.5. The van der Waals surface area contributed by atoms with E-state index in [4.69, 9.17) is 0 Å². The van der Waals surface area contributed by atoms with Crippen molar-refractivity contribution in [2.75, 3.05) is 0 Å². The molecule has 10 rings (SSSR count). The summed E-state index contributed by atoms with van der Waals surface area (Å²) in [6.07, 6.45) is 0. The second kappa shape index (κ2) is 8.19. The second-order valence-corrected chi connectivity index (χ2v) is 12.3. The molecule has 1 aliphatic carbocycles. The summed E-state index contributed by atoms with van der Waals surface area (Å²) in [5, 5.41) is 7.94. The number of thiophene rings is 1. The van der Waals surface area contributed by atoms with Crippen molar-refractivity contribution in [1.82, 2.24) is 4.57 Å². The van der Waals surface area contributed by atoms with Crippen molar-refractivity contribution in [3.63, 3.8) is 0 Å². The van der Waals surface area contributed by atoms with Gasteiger partial charge in [0.15, 0.2) is 0 Å². The standard InChI is InChI=1S/C40H23NS/c1-2-12-28-27(11-1)32-16-8-15-31-26(19-20-33(28)38(31)32)24-9-7-10-25(23-24)41-36-17-5-3-13-29(36)34-21-22-35-30-14-4-6-18-37(30)42-40(35)39(34)41/h1-23H. The fourth-order valence-corrected chi connectivity index (χ4v) is 8.61. The third-order valence-electron chi connectivity index (χ3n) is 9.14. The summed E-state index contributed by atoms with van der Waals surface area (Å²) in [6.45, 7) is 0. The van der Waals surface area contributed by atoms with Gasteiger partial charge in [0, 0.05) is 31.9 Å². The maximum atomic E-state index is 2.49. The van der Waals surface area contributed by atoms with Gasteiger partial charge in [0.2, 0.25) is 0 Å². The first-order chi connectivity index (χ1) is 20.8. The van der Waals surface area contributed by atoms with Crippen molar-refractivity contribution >= 4 is 64.1 Å². The van der Waals surface area contributed by atoms with Gasteiger partial charge in [-0.25, -0.2) is 0 Å². The van der Waals surface area contributed by atoms with E-state index in [9.17, 15) is 0 Å². The van der Waals surface area contributed by atoms with Crippen molar-refractivity contribution in [2.24, 2.45) is 0 Å². The largest absolute Gasteiger partial charge is 0.308 e. The van der Waals surface area contributed by atoms with E-state index in [1.807, 2.05) is 11.3 Å². The topological polar surface area (TPSA) is 4.93 Å². The highest BCUT2D eigenvalue weighted by atomic mass is 32.1. The van der Waals surface area contributed by atoms with Gasteiger partial charge in [0.05, 0.1) is 15.7 Å². The zero-order valence-corrected chi connectivity index (χ0v) is 23.5. The van der Waals surface area contributed by atoms with E-state index in [2.05, 4.69) is 144 Å².